The number of hydrogen-bond acceptors (Lipinski definition) is 8. The van der Waals surface area contributed by atoms with Crippen LogP contribution in [0.15, 0.2) is 70.9 Å². The molecule has 2 unspecified atom stereocenters. The molecule has 2 aromatic rings. The second-order valence-corrected chi connectivity index (χ2v) is 7.23. The lowest BCUT2D eigenvalue weighted by Crippen LogP contribution is -2.49. The van der Waals surface area contributed by atoms with Gasteiger partial charge >= 0.3 is 11.9 Å². The zero-order chi connectivity index (χ0) is 22.9. The minimum atomic E-state index is -0.541. The third-order valence-electron chi connectivity index (χ3n) is 4.94. The van der Waals surface area contributed by atoms with Gasteiger partial charge < -0.3 is 9.47 Å². The molecule has 1 aliphatic rings. The van der Waals surface area contributed by atoms with E-state index in [9.17, 15) is 9.59 Å². The molecule has 3 rings (SSSR count). The maximum absolute atomic E-state index is 12.9. The molecule has 1 N–H and O–H groups in total. The van der Waals surface area contributed by atoms with E-state index in [-0.39, 0.29) is 24.8 Å². The zero-order valence-electron chi connectivity index (χ0n) is 18.5. The SMILES string of the molecule is CCOC(=O)C1=NN(c2ccccc2)C(/C(=N/Nc2ccccc2)C(=O)OCC)CC1C. The Hall–Kier alpha value is -3.68. The van der Waals surface area contributed by atoms with E-state index in [0.717, 1.165) is 11.4 Å². The molecule has 0 aliphatic carbocycles. The van der Waals surface area contributed by atoms with Gasteiger partial charge in [-0.2, -0.15) is 10.2 Å². The first-order valence-corrected chi connectivity index (χ1v) is 10.7. The van der Waals surface area contributed by atoms with Gasteiger partial charge in [-0.15, -0.1) is 0 Å². The predicted molar refractivity (Wildman–Crippen MR) is 125 cm³/mol. The molecule has 0 bridgehead atoms. The number of esters is 2. The molecule has 0 aromatic heterocycles. The van der Waals surface area contributed by atoms with Gasteiger partial charge in [0.2, 0.25) is 0 Å². The molecule has 0 saturated carbocycles. The van der Waals surface area contributed by atoms with Crippen molar-refractivity contribution >= 4 is 34.7 Å². The minimum absolute atomic E-state index is 0.179. The lowest BCUT2D eigenvalue weighted by atomic mass is 9.91. The molecule has 0 saturated heterocycles. The summed E-state index contributed by atoms with van der Waals surface area (Å²) in [4.78, 5) is 25.4. The van der Waals surface area contributed by atoms with Crippen molar-refractivity contribution in [2.24, 2.45) is 16.1 Å². The Labute approximate surface area is 187 Å². The van der Waals surface area contributed by atoms with Gasteiger partial charge in [0.25, 0.3) is 0 Å². The Morgan fingerprint density at radius 3 is 2.28 bits per heavy atom. The maximum Gasteiger partial charge on any atom is 0.356 e. The van der Waals surface area contributed by atoms with Gasteiger partial charge in [-0.1, -0.05) is 43.3 Å². The lowest BCUT2D eigenvalue weighted by Gasteiger charge is -2.36. The number of carbonyl (C=O) groups excluding carboxylic acids is 2. The Balaban J connectivity index is 2.04. The van der Waals surface area contributed by atoms with Crippen molar-refractivity contribution in [2.75, 3.05) is 23.6 Å². The molecular formula is C24H28N4O4. The highest BCUT2D eigenvalue weighted by Gasteiger charge is 2.39. The number of hydrazone groups is 2. The van der Waals surface area contributed by atoms with Crippen LogP contribution in [-0.2, 0) is 19.1 Å². The summed E-state index contributed by atoms with van der Waals surface area (Å²) >= 11 is 0. The number of benzene rings is 2. The summed E-state index contributed by atoms with van der Waals surface area (Å²) < 4.78 is 10.5. The summed E-state index contributed by atoms with van der Waals surface area (Å²) in [6, 6.07) is 18.1. The Bertz CT molecular complexity index is 976. The highest BCUT2D eigenvalue weighted by Crippen LogP contribution is 2.28. The van der Waals surface area contributed by atoms with Crippen molar-refractivity contribution in [3.63, 3.8) is 0 Å². The lowest BCUT2D eigenvalue weighted by molar-refractivity contribution is -0.136. The number of para-hydroxylation sites is 2. The van der Waals surface area contributed by atoms with E-state index in [0.29, 0.717) is 12.1 Å². The van der Waals surface area contributed by atoms with Crippen LogP contribution in [0, 0.1) is 5.92 Å². The average molecular weight is 437 g/mol. The Kier molecular flexibility index (Phi) is 7.96. The second kappa shape index (κ2) is 11.1. The number of nitrogens with zero attached hydrogens (tertiary/aromatic N) is 3. The van der Waals surface area contributed by atoms with Crippen LogP contribution in [0.1, 0.15) is 27.2 Å². The predicted octanol–water partition coefficient (Wildman–Crippen LogP) is 3.85. The third-order valence-corrected chi connectivity index (χ3v) is 4.94. The standard InChI is InChI=1S/C24H28N4O4/c1-4-31-23(29)21-17(3)16-20(28(27-21)19-14-10-7-11-15-19)22(24(30)32-5-2)26-25-18-12-8-6-9-13-18/h6-15,17,20,25H,4-5,16H2,1-3H3/b26-22-. The van der Waals surface area contributed by atoms with Gasteiger partial charge in [0.15, 0.2) is 5.71 Å². The summed E-state index contributed by atoms with van der Waals surface area (Å²) in [7, 11) is 0. The smallest absolute Gasteiger partial charge is 0.356 e. The van der Waals surface area contributed by atoms with Crippen molar-refractivity contribution in [3.05, 3.63) is 60.7 Å². The summed E-state index contributed by atoms with van der Waals surface area (Å²) in [5.41, 5.74) is 4.89. The number of anilines is 2. The number of carbonyl (C=O) groups is 2. The number of rotatable bonds is 8. The molecule has 32 heavy (non-hydrogen) atoms. The Morgan fingerprint density at radius 1 is 1.03 bits per heavy atom. The average Bonchev–Trinajstić information content (AvgIpc) is 2.81. The molecule has 0 spiro atoms. The molecule has 0 fully saturated rings. The first kappa shape index (κ1) is 23.0. The van der Waals surface area contributed by atoms with Crippen molar-refractivity contribution in [1.82, 2.24) is 0 Å². The van der Waals surface area contributed by atoms with Crippen molar-refractivity contribution in [3.8, 4) is 0 Å². The number of nitrogens with one attached hydrogen (secondary N) is 1. The summed E-state index contributed by atoms with van der Waals surface area (Å²) in [5.74, 6) is -1.24. The van der Waals surface area contributed by atoms with Crippen LogP contribution in [0.25, 0.3) is 0 Å². The van der Waals surface area contributed by atoms with Crippen molar-refractivity contribution < 1.29 is 19.1 Å². The molecule has 0 radical (unpaired) electrons. The van der Waals surface area contributed by atoms with E-state index in [1.54, 1.807) is 18.9 Å². The van der Waals surface area contributed by atoms with E-state index in [4.69, 9.17) is 9.47 Å². The fourth-order valence-corrected chi connectivity index (χ4v) is 3.42. The van der Waals surface area contributed by atoms with Crippen LogP contribution >= 0.6 is 0 Å². The summed E-state index contributed by atoms with van der Waals surface area (Å²) in [6.45, 7) is 5.86. The summed E-state index contributed by atoms with van der Waals surface area (Å²) in [6.07, 6.45) is 0.431. The van der Waals surface area contributed by atoms with Crippen LogP contribution in [-0.4, -0.2) is 42.6 Å². The first-order chi connectivity index (χ1) is 15.5. The number of ether oxygens (including phenoxy) is 2. The van der Waals surface area contributed by atoms with Crippen molar-refractivity contribution in [1.29, 1.82) is 0 Å². The van der Waals surface area contributed by atoms with Crippen LogP contribution in [0.4, 0.5) is 11.4 Å². The molecule has 0 amide bonds. The minimum Gasteiger partial charge on any atom is -0.461 e. The van der Waals surface area contributed by atoms with Crippen molar-refractivity contribution in [2.45, 2.75) is 33.2 Å². The van der Waals surface area contributed by atoms with E-state index in [2.05, 4.69) is 15.6 Å². The maximum atomic E-state index is 12.9. The van der Waals surface area contributed by atoms with E-state index < -0.39 is 18.0 Å². The summed E-state index contributed by atoms with van der Waals surface area (Å²) in [5, 5.41) is 10.7. The fraction of sp³-hybridized carbons (Fsp3) is 0.333. The molecule has 1 aliphatic heterocycles. The quantitative estimate of drug-likeness (QED) is 0.384. The highest BCUT2D eigenvalue weighted by molar-refractivity contribution is 6.41. The molecular weight excluding hydrogens is 408 g/mol. The number of hydrogen-bond donors (Lipinski definition) is 1. The molecule has 168 valence electrons. The van der Waals surface area contributed by atoms with Gasteiger partial charge in [0.05, 0.1) is 24.6 Å². The van der Waals surface area contributed by atoms with Gasteiger partial charge in [-0.3, -0.25) is 10.4 Å². The molecule has 2 atom stereocenters. The highest BCUT2D eigenvalue weighted by atomic mass is 16.5. The van der Waals surface area contributed by atoms with Crippen LogP contribution in [0.5, 0.6) is 0 Å². The topological polar surface area (TPSA) is 92.6 Å². The van der Waals surface area contributed by atoms with E-state index in [1.165, 1.54) is 0 Å². The van der Waals surface area contributed by atoms with E-state index >= 15 is 0 Å². The molecule has 8 nitrogen and oxygen atoms in total. The molecule has 1 heterocycles. The fourth-order valence-electron chi connectivity index (χ4n) is 3.42. The van der Waals surface area contributed by atoms with Crippen LogP contribution < -0.4 is 10.4 Å². The normalized spacial score (nSPS) is 18.5. The van der Waals surface area contributed by atoms with Gasteiger partial charge in [0.1, 0.15) is 11.8 Å². The second-order valence-electron chi connectivity index (χ2n) is 7.23. The molecule has 8 heteroatoms. The van der Waals surface area contributed by atoms with E-state index in [1.807, 2.05) is 67.6 Å². The van der Waals surface area contributed by atoms with Crippen LogP contribution in [0.3, 0.4) is 0 Å². The van der Waals surface area contributed by atoms with Gasteiger partial charge in [0, 0.05) is 5.92 Å². The van der Waals surface area contributed by atoms with Gasteiger partial charge in [-0.25, -0.2) is 9.59 Å². The molecule has 2 aromatic carbocycles. The largest absolute Gasteiger partial charge is 0.461 e. The van der Waals surface area contributed by atoms with Crippen LogP contribution in [0.2, 0.25) is 0 Å². The third kappa shape index (κ3) is 5.51. The zero-order valence-corrected chi connectivity index (χ0v) is 18.5. The Morgan fingerprint density at radius 2 is 1.66 bits per heavy atom. The van der Waals surface area contributed by atoms with Gasteiger partial charge in [-0.05, 0) is 44.5 Å². The monoisotopic (exact) mass is 436 g/mol. The first-order valence-electron chi connectivity index (χ1n) is 10.7.